The van der Waals surface area contributed by atoms with E-state index in [1.165, 1.54) is 0 Å². The van der Waals surface area contributed by atoms with Crippen molar-refractivity contribution in [2.24, 2.45) is 5.92 Å². The van der Waals surface area contributed by atoms with Crippen molar-refractivity contribution in [2.45, 2.75) is 39.8 Å². The molecule has 1 aromatic rings. The Morgan fingerprint density at radius 3 is 2.64 bits per heavy atom. The van der Waals surface area contributed by atoms with Crippen LogP contribution in [0.15, 0.2) is 6.20 Å². The molecule has 1 atom stereocenters. The van der Waals surface area contributed by atoms with Crippen LogP contribution >= 0.6 is 0 Å². The van der Waals surface area contributed by atoms with Gasteiger partial charge in [0.15, 0.2) is 0 Å². The molecule has 0 spiro atoms. The van der Waals surface area contributed by atoms with Crippen LogP contribution in [0.2, 0.25) is 0 Å². The second-order valence-electron chi connectivity index (χ2n) is 7.32. The Bertz CT molecular complexity index is 620. The summed E-state index contributed by atoms with van der Waals surface area (Å²) in [7, 11) is 0. The first-order chi connectivity index (χ1) is 12.0. The molecule has 1 fully saturated rings. The van der Waals surface area contributed by atoms with Crippen molar-refractivity contribution in [3.63, 3.8) is 0 Å². The predicted octanol–water partition coefficient (Wildman–Crippen LogP) is 0.372. The topological polar surface area (TPSA) is 74.6 Å². The third-order valence-electron chi connectivity index (χ3n) is 5.09. The number of fused-ring (bicyclic) bond motifs is 1. The van der Waals surface area contributed by atoms with Crippen molar-refractivity contribution in [2.75, 3.05) is 39.3 Å². The summed E-state index contributed by atoms with van der Waals surface area (Å²) in [6.07, 6.45) is 2.40. The normalized spacial score (nSPS) is 21.8. The van der Waals surface area contributed by atoms with Gasteiger partial charge in [0.25, 0.3) is 0 Å². The van der Waals surface area contributed by atoms with Crippen molar-refractivity contribution >= 4 is 11.8 Å². The summed E-state index contributed by atoms with van der Waals surface area (Å²) in [6.45, 7) is 11.2. The number of hydrogen-bond donors (Lipinski definition) is 0. The molecule has 3 heterocycles. The molecule has 2 aliphatic heterocycles. The highest BCUT2D eigenvalue weighted by atomic mass is 16.2. The fourth-order valence-electron chi connectivity index (χ4n) is 3.59. The highest BCUT2D eigenvalue weighted by Crippen LogP contribution is 2.26. The number of carbonyl (C=O) groups excluding carboxylic acids is 2. The van der Waals surface area contributed by atoms with Gasteiger partial charge in [-0.1, -0.05) is 26.0 Å². The van der Waals surface area contributed by atoms with E-state index in [1.54, 1.807) is 15.8 Å². The average Bonchev–Trinajstić information content (AvgIpc) is 3.06. The van der Waals surface area contributed by atoms with E-state index in [9.17, 15) is 9.59 Å². The lowest BCUT2D eigenvalue weighted by Gasteiger charge is -2.37. The largest absolute Gasteiger partial charge is 0.339 e. The van der Waals surface area contributed by atoms with Gasteiger partial charge in [-0.2, -0.15) is 0 Å². The van der Waals surface area contributed by atoms with E-state index in [1.807, 2.05) is 4.90 Å². The number of nitrogens with zero attached hydrogens (tertiary/aromatic N) is 6. The van der Waals surface area contributed by atoms with E-state index in [0.29, 0.717) is 18.9 Å². The lowest BCUT2D eigenvalue weighted by Crippen LogP contribution is -2.53. The molecule has 8 nitrogen and oxygen atoms in total. The van der Waals surface area contributed by atoms with Gasteiger partial charge in [0.1, 0.15) is 12.6 Å². The summed E-state index contributed by atoms with van der Waals surface area (Å²) in [5, 5.41) is 8.03. The van der Waals surface area contributed by atoms with Crippen LogP contribution in [0.5, 0.6) is 0 Å². The Morgan fingerprint density at radius 2 is 2.00 bits per heavy atom. The minimum atomic E-state index is -0.351. The molecule has 1 saturated heterocycles. The molecular formula is C17H28N6O2. The van der Waals surface area contributed by atoms with Crippen LogP contribution in [0.4, 0.5) is 0 Å². The molecule has 25 heavy (non-hydrogen) atoms. The van der Waals surface area contributed by atoms with Crippen molar-refractivity contribution in [3.05, 3.63) is 11.9 Å². The lowest BCUT2D eigenvalue weighted by atomic mass is 10.0. The zero-order chi connectivity index (χ0) is 18.0. The first-order valence-corrected chi connectivity index (χ1v) is 9.17. The van der Waals surface area contributed by atoms with E-state index >= 15 is 0 Å². The summed E-state index contributed by atoms with van der Waals surface area (Å²) in [5.74, 6) is 0.379. The summed E-state index contributed by atoms with van der Waals surface area (Å²) in [5.41, 5.74) is 0.897. The summed E-state index contributed by atoms with van der Waals surface area (Å²) in [6, 6.07) is -0.351. The summed E-state index contributed by atoms with van der Waals surface area (Å²) in [4.78, 5) is 31.4. The smallest absolute Gasteiger partial charge is 0.248 e. The third-order valence-corrected chi connectivity index (χ3v) is 5.09. The van der Waals surface area contributed by atoms with Gasteiger partial charge in [0.05, 0.1) is 18.4 Å². The molecule has 0 N–H and O–H groups in total. The number of amides is 2. The Morgan fingerprint density at radius 1 is 1.28 bits per heavy atom. The second-order valence-corrected chi connectivity index (χ2v) is 7.32. The molecule has 0 aromatic carbocycles. The van der Waals surface area contributed by atoms with Crippen LogP contribution in [-0.4, -0.2) is 80.8 Å². The Hall–Kier alpha value is -1.96. The first-order valence-electron chi connectivity index (χ1n) is 9.17. The lowest BCUT2D eigenvalue weighted by molar-refractivity contribution is -0.146. The zero-order valence-corrected chi connectivity index (χ0v) is 15.4. The number of carbonyl (C=O) groups is 2. The van der Waals surface area contributed by atoms with Crippen LogP contribution in [-0.2, 0) is 16.1 Å². The fraction of sp³-hybridized carbons (Fsp3) is 0.765. The fourth-order valence-corrected chi connectivity index (χ4v) is 3.59. The summed E-state index contributed by atoms with van der Waals surface area (Å²) >= 11 is 0. The Kier molecular flexibility index (Phi) is 5.36. The van der Waals surface area contributed by atoms with Crippen molar-refractivity contribution in [3.8, 4) is 0 Å². The minimum Gasteiger partial charge on any atom is -0.339 e. The molecule has 138 valence electrons. The van der Waals surface area contributed by atoms with Gasteiger partial charge < -0.3 is 14.7 Å². The molecule has 0 bridgehead atoms. The van der Waals surface area contributed by atoms with Gasteiger partial charge >= 0.3 is 0 Å². The monoisotopic (exact) mass is 348 g/mol. The van der Waals surface area contributed by atoms with Crippen molar-refractivity contribution in [1.82, 2.24) is 29.7 Å². The van der Waals surface area contributed by atoms with Crippen LogP contribution in [0.3, 0.4) is 0 Å². The second kappa shape index (κ2) is 7.51. The predicted molar refractivity (Wildman–Crippen MR) is 92.6 cm³/mol. The van der Waals surface area contributed by atoms with E-state index in [2.05, 4.69) is 36.0 Å². The zero-order valence-electron chi connectivity index (χ0n) is 15.4. The molecule has 2 aliphatic rings. The van der Waals surface area contributed by atoms with E-state index in [-0.39, 0.29) is 24.4 Å². The van der Waals surface area contributed by atoms with Gasteiger partial charge in [-0.05, 0) is 18.9 Å². The van der Waals surface area contributed by atoms with Gasteiger partial charge in [-0.3, -0.25) is 9.59 Å². The molecule has 1 aromatic heterocycles. The molecule has 8 heteroatoms. The minimum absolute atomic E-state index is 0.0211. The van der Waals surface area contributed by atoms with Gasteiger partial charge in [-0.15, -0.1) is 5.10 Å². The summed E-state index contributed by atoms with van der Waals surface area (Å²) < 4.78 is 1.73. The number of aromatic nitrogens is 3. The maximum atomic E-state index is 12.9. The van der Waals surface area contributed by atoms with Gasteiger partial charge in [-0.25, -0.2) is 4.68 Å². The van der Waals surface area contributed by atoms with Crippen LogP contribution in [0.25, 0.3) is 0 Å². The van der Waals surface area contributed by atoms with E-state index in [0.717, 1.165) is 38.4 Å². The molecular weight excluding hydrogens is 320 g/mol. The molecule has 0 unspecified atom stereocenters. The third kappa shape index (κ3) is 3.84. The molecule has 3 rings (SSSR count). The quantitative estimate of drug-likeness (QED) is 0.769. The van der Waals surface area contributed by atoms with Crippen molar-refractivity contribution < 1.29 is 9.59 Å². The number of likely N-dealkylation sites (N-methyl/N-ethyl adjacent to an activating group) is 1. The van der Waals surface area contributed by atoms with Gasteiger partial charge in [0, 0.05) is 26.2 Å². The number of piperazine rings is 1. The molecule has 0 radical (unpaired) electrons. The van der Waals surface area contributed by atoms with Crippen molar-refractivity contribution in [1.29, 1.82) is 0 Å². The highest BCUT2D eigenvalue weighted by molar-refractivity contribution is 5.87. The average molecular weight is 348 g/mol. The van der Waals surface area contributed by atoms with Crippen LogP contribution in [0.1, 0.15) is 38.9 Å². The molecule has 0 aliphatic carbocycles. The Labute approximate surface area is 148 Å². The number of hydrogen-bond acceptors (Lipinski definition) is 5. The first kappa shape index (κ1) is 17.8. The van der Waals surface area contributed by atoms with E-state index in [4.69, 9.17) is 0 Å². The Balaban J connectivity index is 1.66. The van der Waals surface area contributed by atoms with E-state index < -0.39 is 0 Å². The highest BCUT2D eigenvalue weighted by Gasteiger charge is 2.36. The molecule has 0 saturated carbocycles. The standard InChI is InChI=1S/C17H28N6O2/c1-4-20-5-7-21(8-6-20)16(24)12-22-11-14-10-18-19-23(14)15(17(22)25)9-13(2)3/h10,13,15H,4-9,11-12H2,1-3H3/t15-/m0/s1. The maximum absolute atomic E-state index is 12.9. The van der Waals surface area contributed by atoms with Gasteiger partial charge in [0.2, 0.25) is 11.8 Å². The van der Waals surface area contributed by atoms with Crippen LogP contribution < -0.4 is 0 Å². The van der Waals surface area contributed by atoms with Crippen LogP contribution in [0, 0.1) is 5.92 Å². The SMILES string of the molecule is CCN1CCN(C(=O)CN2Cc3cnnn3[C@@H](CC(C)C)C2=O)CC1. The number of rotatable bonds is 5. The molecule has 2 amide bonds. The maximum Gasteiger partial charge on any atom is 0.248 e.